The number of hydrogen-bond acceptors (Lipinski definition) is 3. The molecule has 2 atom stereocenters. The Morgan fingerprint density at radius 3 is 2.64 bits per heavy atom. The summed E-state index contributed by atoms with van der Waals surface area (Å²) in [6.07, 6.45) is 1.21. The van der Waals surface area contributed by atoms with Gasteiger partial charge in [0.15, 0.2) is 5.96 Å². The predicted octanol–water partition coefficient (Wildman–Crippen LogP) is 1.13. The molecule has 2 N–H and O–H groups in total. The van der Waals surface area contributed by atoms with Gasteiger partial charge in [-0.3, -0.25) is 0 Å². The largest absolute Gasteiger partial charge is 0.370 e. The number of benzene rings is 1. The Hall–Kier alpha value is -1.51. The molecule has 0 bridgehead atoms. The number of rotatable bonds is 1. The molecular weight excluding hydrogens is 174 g/mol. The minimum atomic E-state index is 0.268. The molecule has 1 saturated heterocycles. The smallest absolute Gasteiger partial charge is 0.192 e. The van der Waals surface area contributed by atoms with E-state index in [1.807, 2.05) is 6.07 Å². The van der Waals surface area contributed by atoms with Gasteiger partial charge in [0.1, 0.15) is 0 Å². The van der Waals surface area contributed by atoms with Crippen LogP contribution in [0.25, 0.3) is 0 Å². The van der Waals surface area contributed by atoms with Crippen LogP contribution in [-0.4, -0.2) is 23.4 Å². The van der Waals surface area contributed by atoms with Crippen LogP contribution in [0.2, 0.25) is 0 Å². The van der Waals surface area contributed by atoms with Crippen molar-refractivity contribution in [3.63, 3.8) is 0 Å². The topological polar surface area (TPSA) is 41.6 Å². The van der Waals surface area contributed by atoms with Crippen LogP contribution in [0.15, 0.2) is 35.3 Å². The van der Waals surface area contributed by atoms with E-state index in [4.69, 9.17) is 5.73 Å². The third-order valence-corrected chi connectivity index (χ3v) is 3.14. The van der Waals surface area contributed by atoms with Gasteiger partial charge >= 0.3 is 0 Å². The van der Waals surface area contributed by atoms with Gasteiger partial charge in [0.2, 0.25) is 0 Å². The molecule has 0 spiro atoms. The molecule has 0 saturated carbocycles. The number of guanidine groups is 1. The molecule has 0 aliphatic carbocycles. The van der Waals surface area contributed by atoms with Crippen molar-refractivity contribution in [2.24, 2.45) is 10.7 Å². The second-order valence-electron chi connectivity index (χ2n) is 3.89. The first-order valence-electron chi connectivity index (χ1n) is 5.01. The van der Waals surface area contributed by atoms with Gasteiger partial charge in [-0.25, -0.2) is 4.99 Å². The van der Waals surface area contributed by atoms with E-state index in [0.29, 0.717) is 6.04 Å². The lowest BCUT2D eigenvalue weighted by Crippen LogP contribution is -2.51. The van der Waals surface area contributed by atoms with Crippen LogP contribution in [0.5, 0.6) is 0 Å². The van der Waals surface area contributed by atoms with E-state index in [2.05, 4.69) is 34.2 Å². The SMILES string of the molecule is NC1=NC(c2ccccc2)C2CCN12. The van der Waals surface area contributed by atoms with Crippen molar-refractivity contribution in [1.29, 1.82) is 0 Å². The van der Waals surface area contributed by atoms with Crippen LogP contribution in [0.1, 0.15) is 18.0 Å². The fraction of sp³-hybridized carbons (Fsp3) is 0.364. The molecular formula is C11H13N3. The maximum absolute atomic E-state index is 5.82. The lowest BCUT2D eigenvalue weighted by atomic mass is 9.92. The molecule has 1 fully saturated rings. The Kier molecular flexibility index (Phi) is 1.54. The lowest BCUT2D eigenvalue weighted by molar-refractivity contribution is 0.181. The molecule has 2 aliphatic heterocycles. The van der Waals surface area contributed by atoms with E-state index in [1.165, 1.54) is 12.0 Å². The molecule has 2 unspecified atom stereocenters. The van der Waals surface area contributed by atoms with E-state index in [-0.39, 0.29) is 6.04 Å². The predicted molar refractivity (Wildman–Crippen MR) is 55.9 cm³/mol. The Labute approximate surface area is 83.2 Å². The average molecular weight is 187 g/mol. The highest BCUT2D eigenvalue weighted by atomic mass is 15.4. The van der Waals surface area contributed by atoms with Crippen LogP contribution in [0.3, 0.4) is 0 Å². The summed E-state index contributed by atoms with van der Waals surface area (Å²) in [5, 5.41) is 0. The van der Waals surface area contributed by atoms with E-state index in [0.717, 1.165) is 12.5 Å². The molecule has 1 aromatic rings. The van der Waals surface area contributed by atoms with E-state index in [9.17, 15) is 0 Å². The Morgan fingerprint density at radius 2 is 2.07 bits per heavy atom. The summed E-state index contributed by atoms with van der Waals surface area (Å²) in [6.45, 7) is 1.07. The Balaban J connectivity index is 1.94. The minimum Gasteiger partial charge on any atom is -0.370 e. The third kappa shape index (κ3) is 0.953. The van der Waals surface area contributed by atoms with Crippen molar-refractivity contribution in [2.45, 2.75) is 18.5 Å². The summed E-state index contributed by atoms with van der Waals surface area (Å²) in [5.41, 5.74) is 7.10. The molecule has 72 valence electrons. The van der Waals surface area contributed by atoms with Crippen molar-refractivity contribution >= 4 is 5.96 Å². The molecule has 3 nitrogen and oxygen atoms in total. The third-order valence-electron chi connectivity index (χ3n) is 3.14. The number of aliphatic imine (C=N–C) groups is 1. The van der Waals surface area contributed by atoms with Gasteiger partial charge in [0, 0.05) is 6.54 Å². The summed E-state index contributed by atoms with van der Waals surface area (Å²) in [7, 11) is 0. The van der Waals surface area contributed by atoms with Gasteiger partial charge in [-0.1, -0.05) is 30.3 Å². The van der Waals surface area contributed by atoms with Crippen LogP contribution in [-0.2, 0) is 0 Å². The van der Waals surface area contributed by atoms with Gasteiger partial charge in [-0.05, 0) is 12.0 Å². The summed E-state index contributed by atoms with van der Waals surface area (Å²) in [6, 6.07) is 11.2. The zero-order chi connectivity index (χ0) is 9.54. The molecule has 1 aromatic carbocycles. The molecule has 3 rings (SSSR count). The van der Waals surface area contributed by atoms with Crippen molar-refractivity contribution in [1.82, 2.24) is 4.90 Å². The van der Waals surface area contributed by atoms with Gasteiger partial charge < -0.3 is 10.6 Å². The number of hydrogen-bond donors (Lipinski definition) is 1. The molecule has 2 aliphatic rings. The fourth-order valence-electron chi connectivity index (χ4n) is 2.27. The number of nitrogens with zero attached hydrogens (tertiary/aromatic N) is 2. The number of fused-ring (bicyclic) bond motifs is 1. The van der Waals surface area contributed by atoms with E-state index in [1.54, 1.807) is 0 Å². The lowest BCUT2D eigenvalue weighted by Gasteiger charge is -2.38. The highest BCUT2D eigenvalue weighted by Crippen LogP contribution is 2.37. The number of nitrogens with two attached hydrogens (primary N) is 1. The van der Waals surface area contributed by atoms with Gasteiger partial charge in [-0.15, -0.1) is 0 Å². The van der Waals surface area contributed by atoms with Crippen LogP contribution >= 0.6 is 0 Å². The van der Waals surface area contributed by atoms with E-state index >= 15 is 0 Å². The monoisotopic (exact) mass is 187 g/mol. The average Bonchev–Trinajstić information content (AvgIpc) is 2.37. The van der Waals surface area contributed by atoms with Gasteiger partial charge in [0.05, 0.1) is 12.1 Å². The summed E-state index contributed by atoms with van der Waals surface area (Å²) in [5.74, 6) is 0.718. The molecule has 2 heterocycles. The first kappa shape index (κ1) is 7.85. The highest BCUT2D eigenvalue weighted by Gasteiger charge is 2.41. The summed E-state index contributed by atoms with van der Waals surface area (Å²) >= 11 is 0. The molecule has 0 amide bonds. The van der Waals surface area contributed by atoms with Crippen molar-refractivity contribution in [3.8, 4) is 0 Å². The first-order chi connectivity index (χ1) is 6.86. The second kappa shape index (κ2) is 2.74. The molecule has 0 aromatic heterocycles. The maximum Gasteiger partial charge on any atom is 0.192 e. The standard InChI is InChI=1S/C11H13N3/c12-11-13-10(9-6-7-14(9)11)8-4-2-1-3-5-8/h1-5,9-10H,6-7H2,(H2,12,13). The molecule has 14 heavy (non-hydrogen) atoms. The summed E-state index contributed by atoms with van der Waals surface area (Å²) in [4.78, 5) is 6.70. The fourth-order valence-corrected chi connectivity index (χ4v) is 2.27. The van der Waals surface area contributed by atoms with Gasteiger partial charge in [0.25, 0.3) is 0 Å². The van der Waals surface area contributed by atoms with Crippen LogP contribution in [0, 0.1) is 0 Å². The van der Waals surface area contributed by atoms with Crippen molar-refractivity contribution in [3.05, 3.63) is 35.9 Å². The normalized spacial score (nSPS) is 29.4. The Bertz CT molecular complexity index is 371. The second-order valence-corrected chi connectivity index (χ2v) is 3.89. The summed E-state index contributed by atoms with van der Waals surface area (Å²) < 4.78 is 0. The van der Waals surface area contributed by atoms with Crippen molar-refractivity contribution < 1.29 is 0 Å². The van der Waals surface area contributed by atoms with Crippen molar-refractivity contribution in [2.75, 3.05) is 6.54 Å². The van der Waals surface area contributed by atoms with E-state index < -0.39 is 0 Å². The Morgan fingerprint density at radius 1 is 1.29 bits per heavy atom. The quantitative estimate of drug-likeness (QED) is 0.716. The molecule has 3 heteroatoms. The zero-order valence-corrected chi connectivity index (χ0v) is 7.93. The zero-order valence-electron chi connectivity index (χ0n) is 7.93. The van der Waals surface area contributed by atoms with Crippen LogP contribution in [0.4, 0.5) is 0 Å². The highest BCUT2D eigenvalue weighted by molar-refractivity contribution is 5.81. The van der Waals surface area contributed by atoms with Gasteiger partial charge in [-0.2, -0.15) is 0 Å². The maximum atomic E-state index is 5.82. The first-order valence-corrected chi connectivity index (χ1v) is 5.01. The minimum absolute atomic E-state index is 0.268. The van der Waals surface area contributed by atoms with Crippen LogP contribution < -0.4 is 5.73 Å². The molecule has 0 radical (unpaired) electrons.